The molecule has 0 aliphatic rings. The van der Waals surface area contributed by atoms with Crippen LogP contribution in [0.15, 0.2) is 0 Å². The van der Waals surface area contributed by atoms with E-state index in [0.29, 0.717) is 24.9 Å². The first kappa shape index (κ1) is 13.5. The van der Waals surface area contributed by atoms with Gasteiger partial charge in [0.1, 0.15) is 11.7 Å². The van der Waals surface area contributed by atoms with Crippen molar-refractivity contribution in [3.05, 3.63) is 5.82 Å². The van der Waals surface area contributed by atoms with Gasteiger partial charge in [0.2, 0.25) is 5.95 Å². The molecule has 6 heteroatoms. The molecule has 17 heavy (non-hydrogen) atoms. The fourth-order valence-electron chi connectivity index (χ4n) is 1.61. The molecule has 0 amide bonds. The van der Waals surface area contributed by atoms with Crippen molar-refractivity contribution in [2.45, 2.75) is 40.2 Å². The van der Waals surface area contributed by atoms with E-state index in [1.54, 1.807) is 13.8 Å². The van der Waals surface area contributed by atoms with E-state index in [1.165, 1.54) is 0 Å². The normalized spacial score (nSPS) is 12.2. The maximum absolute atomic E-state index is 11.7. The van der Waals surface area contributed by atoms with Gasteiger partial charge in [-0.05, 0) is 27.7 Å². The summed E-state index contributed by atoms with van der Waals surface area (Å²) in [6, 6.07) is 0. The molecule has 0 aliphatic carbocycles. The fraction of sp³-hybridized carbons (Fsp3) is 0.727. The minimum Gasteiger partial charge on any atom is -0.465 e. The molecule has 96 valence electrons. The molecule has 1 N–H and O–H groups in total. The van der Waals surface area contributed by atoms with E-state index in [1.807, 2.05) is 18.4 Å². The smallest absolute Gasteiger partial charge is 0.316 e. The van der Waals surface area contributed by atoms with Crippen molar-refractivity contribution in [3.8, 4) is 0 Å². The molecule has 0 saturated carbocycles. The van der Waals surface area contributed by atoms with Crippen LogP contribution in [0.4, 0.5) is 5.95 Å². The van der Waals surface area contributed by atoms with Gasteiger partial charge in [-0.15, -0.1) is 10.2 Å². The van der Waals surface area contributed by atoms with Gasteiger partial charge >= 0.3 is 5.97 Å². The van der Waals surface area contributed by atoms with E-state index >= 15 is 0 Å². The van der Waals surface area contributed by atoms with Crippen molar-refractivity contribution < 1.29 is 9.53 Å². The predicted molar refractivity (Wildman–Crippen MR) is 64.9 cm³/mol. The SMILES string of the molecule is CCNc1nnc(C(C)C(=O)OCC)n1CC. The molecule has 0 aromatic carbocycles. The number of carbonyl (C=O) groups excluding carboxylic acids is 1. The second kappa shape index (κ2) is 6.22. The quantitative estimate of drug-likeness (QED) is 0.761. The van der Waals surface area contributed by atoms with Crippen LogP contribution in [-0.2, 0) is 16.1 Å². The average Bonchev–Trinajstić information content (AvgIpc) is 2.71. The Morgan fingerprint density at radius 3 is 2.65 bits per heavy atom. The van der Waals surface area contributed by atoms with Gasteiger partial charge in [0.05, 0.1) is 6.61 Å². The van der Waals surface area contributed by atoms with E-state index in [-0.39, 0.29) is 5.97 Å². The molecule has 1 heterocycles. The lowest BCUT2D eigenvalue weighted by Crippen LogP contribution is -2.18. The maximum atomic E-state index is 11.7. The molecule has 1 aromatic rings. The van der Waals surface area contributed by atoms with Gasteiger partial charge in [0, 0.05) is 13.1 Å². The summed E-state index contributed by atoms with van der Waals surface area (Å²) in [6.07, 6.45) is 0. The van der Waals surface area contributed by atoms with Crippen LogP contribution in [0.1, 0.15) is 39.4 Å². The van der Waals surface area contributed by atoms with Crippen molar-refractivity contribution in [1.29, 1.82) is 0 Å². The third-order valence-corrected chi connectivity index (χ3v) is 2.46. The van der Waals surface area contributed by atoms with Gasteiger partial charge in [-0.2, -0.15) is 0 Å². The fourth-order valence-corrected chi connectivity index (χ4v) is 1.61. The second-order valence-corrected chi connectivity index (χ2v) is 3.63. The van der Waals surface area contributed by atoms with Crippen molar-refractivity contribution in [2.24, 2.45) is 0 Å². The number of anilines is 1. The number of esters is 1. The monoisotopic (exact) mass is 240 g/mol. The molecule has 1 unspecified atom stereocenters. The zero-order valence-electron chi connectivity index (χ0n) is 10.9. The van der Waals surface area contributed by atoms with Crippen LogP contribution < -0.4 is 5.32 Å². The summed E-state index contributed by atoms with van der Waals surface area (Å²) in [5.74, 6) is 0.676. The number of nitrogens with zero attached hydrogens (tertiary/aromatic N) is 3. The minimum atomic E-state index is -0.394. The lowest BCUT2D eigenvalue weighted by Gasteiger charge is -2.12. The molecule has 0 saturated heterocycles. The van der Waals surface area contributed by atoms with Crippen LogP contribution >= 0.6 is 0 Å². The Kier molecular flexibility index (Phi) is 4.93. The van der Waals surface area contributed by atoms with Gasteiger partial charge in [0.15, 0.2) is 0 Å². The topological polar surface area (TPSA) is 69.0 Å². The van der Waals surface area contributed by atoms with Gasteiger partial charge in [-0.3, -0.25) is 9.36 Å². The summed E-state index contributed by atoms with van der Waals surface area (Å²) in [6.45, 7) is 9.42. The number of hydrogen-bond donors (Lipinski definition) is 1. The summed E-state index contributed by atoms with van der Waals surface area (Å²) < 4.78 is 6.88. The molecule has 0 spiro atoms. The number of hydrogen-bond acceptors (Lipinski definition) is 5. The van der Waals surface area contributed by atoms with Gasteiger partial charge in [-0.25, -0.2) is 0 Å². The molecule has 1 atom stereocenters. The summed E-state index contributed by atoms with van der Waals surface area (Å²) in [5, 5.41) is 11.2. The number of carbonyl (C=O) groups is 1. The van der Waals surface area contributed by atoms with Crippen molar-refractivity contribution >= 4 is 11.9 Å². The standard InChI is InChI=1S/C11H20N4O2/c1-5-12-11-14-13-9(15(11)6-2)8(4)10(16)17-7-3/h8H,5-7H2,1-4H3,(H,12,14). The highest BCUT2D eigenvalue weighted by Gasteiger charge is 2.23. The highest BCUT2D eigenvalue weighted by Crippen LogP contribution is 2.18. The summed E-state index contributed by atoms with van der Waals surface area (Å²) in [7, 11) is 0. The zero-order chi connectivity index (χ0) is 12.8. The van der Waals surface area contributed by atoms with Crippen LogP contribution in [0.5, 0.6) is 0 Å². The highest BCUT2D eigenvalue weighted by molar-refractivity contribution is 5.76. The Hall–Kier alpha value is -1.59. The number of aromatic nitrogens is 3. The van der Waals surface area contributed by atoms with Gasteiger partial charge < -0.3 is 10.1 Å². The third-order valence-electron chi connectivity index (χ3n) is 2.46. The lowest BCUT2D eigenvalue weighted by atomic mass is 10.1. The van der Waals surface area contributed by atoms with E-state index in [9.17, 15) is 4.79 Å². The summed E-state index contributed by atoms with van der Waals surface area (Å²) in [5.41, 5.74) is 0. The minimum absolute atomic E-state index is 0.266. The third kappa shape index (κ3) is 2.95. The average molecular weight is 240 g/mol. The molecule has 6 nitrogen and oxygen atoms in total. The molecule has 0 radical (unpaired) electrons. The largest absolute Gasteiger partial charge is 0.465 e. The lowest BCUT2D eigenvalue weighted by molar-refractivity contribution is -0.144. The van der Waals surface area contributed by atoms with Crippen molar-refractivity contribution in [3.63, 3.8) is 0 Å². The first-order valence-corrected chi connectivity index (χ1v) is 5.99. The Balaban J connectivity index is 2.93. The first-order chi connectivity index (χ1) is 8.15. The molecule has 0 fully saturated rings. The first-order valence-electron chi connectivity index (χ1n) is 5.99. The van der Waals surface area contributed by atoms with Crippen LogP contribution in [-0.4, -0.2) is 33.9 Å². The maximum Gasteiger partial charge on any atom is 0.316 e. The van der Waals surface area contributed by atoms with Crippen LogP contribution in [0.3, 0.4) is 0 Å². The molecular weight excluding hydrogens is 220 g/mol. The molecule has 0 aliphatic heterocycles. The molecular formula is C11H20N4O2. The Labute approximate surface area is 101 Å². The van der Waals surface area contributed by atoms with E-state index in [2.05, 4.69) is 15.5 Å². The number of rotatable bonds is 6. The molecule has 0 bridgehead atoms. The van der Waals surface area contributed by atoms with Crippen LogP contribution in [0, 0.1) is 0 Å². The van der Waals surface area contributed by atoms with Gasteiger partial charge in [0.25, 0.3) is 0 Å². The van der Waals surface area contributed by atoms with Gasteiger partial charge in [-0.1, -0.05) is 0 Å². The molecule has 1 rings (SSSR count). The van der Waals surface area contributed by atoms with E-state index in [0.717, 1.165) is 6.54 Å². The summed E-state index contributed by atoms with van der Waals surface area (Å²) >= 11 is 0. The van der Waals surface area contributed by atoms with Crippen molar-refractivity contribution in [2.75, 3.05) is 18.5 Å². The predicted octanol–water partition coefficient (Wildman–Crippen LogP) is 1.40. The second-order valence-electron chi connectivity index (χ2n) is 3.63. The number of nitrogens with one attached hydrogen (secondary N) is 1. The Bertz CT molecular complexity index is 376. The zero-order valence-corrected chi connectivity index (χ0v) is 10.9. The van der Waals surface area contributed by atoms with E-state index in [4.69, 9.17) is 4.74 Å². The molecule has 1 aromatic heterocycles. The van der Waals surface area contributed by atoms with Crippen molar-refractivity contribution in [1.82, 2.24) is 14.8 Å². The summed E-state index contributed by atoms with van der Waals surface area (Å²) in [4.78, 5) is 11.7. The number of ether oxygens (including phenoxy) is 1. The van der Waals surface area contributed by atoms with Crippen LogP contribution in [0.2, 0.25) is 0 Å². The Morgan fingerprint density at radius 2 is 2.12 bits per heavy atom. The Morgan fingerprint density at radius 1 is 1.41 bits per heavy atom. The highest BCUT2D eigenvalue weighted by atomic mass is 16.5. The van der Waals surface area contributed by atoms with Crippen LogP contribution in [0.25, 0.3) is 0 Å². The van der Waals surface area contributed by atoms with E-state index < -0.39 is 5.92 Å².